The molecule has 56 heavy (non-hydrogen) atoms. The first-order chi connectivity index (χ1) is 26.4. The molecule has 0 spiro atoms. The third kappa shape index (κ3) is 8.12. The third-order valence-corrected chi connectivity index (χ3v) is 12.7. The predicted octanol–water partition coefficient (Wildman–Crippen LogP) is 5.26. The number of fused-ring (bicyclic) bond motifs is 2. The highest BCUT2D eigenvalue weighted by atomic mass is 16.7. The van der Waals surface area contributed by atoms with Crippen molar-refractivity contribution in [3.05, 3.63) is 48.0 Å². The minimum Gasteiger partial charge on any atom is -0.458 e. The molecular weight excluding hydrogens is 714 g/mol. The van der Waals surface area contributed by atoms with Crippen LogP contribution in [0.15, 0.2) is 47.5 Å². The van der Waals surface area contributed by atoms with Gasteiger partial charge in [0.25, 0.3) is 0 Å². The molecule has 13 atom stereocenters. The zero-order chi connectivity index (χ0) is 40.7. The fourth-order valence-corrected chi connectivity index (χ4v) is 9.47. The van der Waals surface area contributed by atoms with Crippen LogP contribution in [0.5, 0.6) is 0 Å². The van der Waals surface area contributed by atoms with Crippen molar-refractivity contribution in [3.63, 3.8) is 0 Å². The summed E-state index contributed by atoms with van der Waals surface area (Å²) in [7, 11) is 3.80. The number of cyclic esters (lactones) is 1. The second-order valence-electron chi connectivity index (χ2n) is 17.0. The lowest BCUT2D eigenvalue weighted by molar-refractivity contribution is -0.296. The predicted molar refractivity (Wildman–Crippen MR) is 212 cm³/mol. The van der Waals surface area contributed by atoms with E-state index >= 15 is 0 Å². The number of carbonyl (C=O) groups excluding carboxylic acids is 3. The molecule has 2 bridgehead atoms. The lowest BCUT2D eigenvalue weighted by atomic mass is 9.73. The molecule has 2 aromatic carbocycles. The minimum absolute atomic E-state index is 0.00439. The number of carbonyl (C=O) groups is 3. The van der Waals surface area contributed by atoms with Crippen molar-refractivity contribution in [2.24, 2.45) is 28.7 Å². The molecule has 4 aliphatic heterocycles. The van der Waals surface area contributed by atoms with Crippen LogP contribution in [0.25, 0.3) is 10.8 Å². The first-order valence-electron chi connectivity index (χ1n) is 20.0. The normalized spacial score (nSPS) is 38.2. The van der Waals surface area contributed by atoms with Crippen LogP contribution in [-0.2, 0) is 33.3 Å². The van der Waals surface area contributed by atoms with E-state index in [1.807, 2.05) is 76.2 Å². The van der Waals surface area contributed by atoms with Crippen LogP contribution in [0.4, 0.5) is 4.79 Å². The SMILES string of the molecule is C[C@H]1C(=O)O[C@H](C)[C@@]2(C)OC(=O)N3CCN=C([C@H](C)C[C@](C)(OCC#Cc4ccc5ccccc5c4)[C@H](O[C@H]4O[C@@H](C)C[C@@H](N(C)C)C4O)[C@@H](C)C1=O)[C@H](C)[C@@H]32. The maximum Gasteiger partial charge on any atom is 0.410 e. The molecule has 12 nitrogen and oxygen atoms in total. The number of esters is 1. The molecule has 1 N–H and O–H groups in total. The van der Waals surface area contributed by atoms with Gasteiger partial charge in [0.05, 0.1) is 30.4 Å². The Morgan fingerprint density at radius 3 is 2.43 bits per heavy atom. The zero-order valence-corrected chi connectivity index (χ0v) is 34.5. The number of aliphatic hydroxyl groups is 1. The molecule has 0 radical (unpaired) electrons. The number of benzene rings is 2. The van der Waals surface area contributed by atoms with Crippen molar-refractivity contribution < 1.29 is 43.2 Å². The Morgan fingerprint density at radius 2 is 1.71 bits per heavy atom. The van der Waals surface area contributed by atoms with E-state index in [1.54, 1.807) is 25.7 Å². The highest BCUT2D eigenvalue weighted by molar-refractivity contribution is 6.00. The molecule has 4 aliphatic rings. The van der Waals surface area contributed by atoms with Crippen molar-refractivity contribution in [2.45, 2.75) is 122 Å². The van der Waals surface area contributed by atoms with Crippen LogP contribution >= 0.6 is 0 Å². The fourth-order valence-electron chi connectivity index (χ4n) is 9.47. The molecule has 2 aromatic rings. The summed E-state index contributed by atoms with van der Waals surface area (Å²) in [4.78, 5) is 50.4. The number of ketones is 1. The van der Waals surface area contributed by atoms with Crippen LogP contribution in [0.3, 0.4) is 0 Å². The van der Waals surface area contributed by atoms with Crippen molar-refractivity contribution in [1.82, 2.24) is 9.80 Å². The van der Waals surface area contributed by atoms with Gasteiger partial charge in [0.2, 0.25) is 0 Å². The first kappa shape index (κ1) is 41.8. The number of hydrogen-bond donors (Lipinski definition) is 1. The average molecular weight is 774 g/mol. The summed E-state index contributed by atoms with van der Waals surface area (Å²) in [6.45, 7) is 15.4. The first-order valence-corrected chi connectivity index (χ1v) is 20.0. The molecule has 304 valence electrons. The molecule has 4 heterocycles. The number of amides is 1. The summed E-state index contributed by atoms with van der Waals surface area (Å²) in [5.41, 5.74) is -0.742. The summed E-state index contributed by atoms with van der Waals surface area (Å²) in [5.74, 6) is 2.64. The summed E-state index contributed by atoms with van der Waals surface area (Å²) in [6, 6.07) is 13.4. The van der Waals surface area contributed by atoms with Gasteiger partial charge in [0.15, 0.2) is 17.7 Å². The second-order valence-corrected chi connectivity index (χ2v) is 17.0. The molecule has 1 unspecified atom stereocenters. The molecule has 3 fully saturated rings. The van der Waals surface area contributed by atoms with Crippen molar-refractivity contribution in [1.29, 1.82) is 0 Å². The highest BCUT2D eigenvalue weighted by Crippen LogP contribution is 2.43. The fraction of sp³-hybridized carbons (Fsp3) is 0.636. The average Bonchev–Trinajstić information content (AvgIpc) is 3.29. The van der Waals surface area contributed by atoms with Crippen LogP contribution in [0.1, 0.15) is 73.8 Å². The van der Waals surface area contributed by atoms with Gasteiger partial charge in [-0.1, -0.05) is 62.9 Å². The minimum atomic E-state index is -1.23. The van der Waals surface area contributed by atoms with Gasteiger partial charge in [0, 0.05) is 35.7 Å². The van der Waals surface area contributed by atoms with Gasteiger partial charge in [-0.2, -0.15) is 0 Å². The van der Waals surface area contributed by atoms with Crippen molar-refractivity contribution in [2.75, 3.05) is 33.8 Å². The van der Waals surface area contributed by atoms with Gasteiger partial charge in [-0.05, 0) is 90.4 Å². The number of rotatable bonds is 5. The second kappa shape index (κ2) is 16.5. The van der Waals surface area contributed by atoms with Crippen LogP contribution < -0.4 is 0 Å². The number of likely N-dealkylation sites (N-methyl/N-ethyl adjacent to an activating group) is 1. The monoisotopic (exact) mass is 773 g/mol. The Bertz CT molecular complexity index is 1890. The van der Waals surface area contributed by atoms with Crippen molar-refractivity contribution in [3.8, 4) is 11.8 Å². The summed E-state index contributed by atoms with van der Waals surface area (Å²) in [5, 5.41) is 13.8. The number of ether oxygens (including phenoxy) is 5. The van der Waals surface area contributed by atoms with Crippen molar-refractivity contribution >= 4 is 34.3 Å². The Morgan fingerprint density at radius 1 is 1.00 bits per heavy atom. The molecular formula is C44H59N3O9. The Labute approximate surface area is 331 Å². The molecule has 3 saturated heterocycles. The lowest BCUT2D eigenvalue weighted by Crippen LogP contribution is -2.60. The van der Waals surface area contributed by atoms with Crippen LogP contribution in [0, 0.1) is 35.5 Å². The van der Waals surface area contributed by atoms with E-state index in [-0.39, 0.29) is 30.6 Å². The van der Waals surface area contributed by atoms with Gasteiger partial charge in [0.1, 0.15) is 24.7 Å². The van der Waals surface area contributed by atoms with Gasteiger partial charge in [-0.25, -0.2) is 4.79 Å². The molecule has 0 saturated carbocycles. The molecule has 6 rings (SSSR count). The molecule has 1 amide bonds. The Hall–Kier alpha value is -3.86. The smallest absolute Gasteiger partial charge is 0.410 e. The van der Waals surface area contributed by atoms with E-state index < -0.39 is 71.5 Å². The molecule has 12 heteroatoms. The van der Waals surface area contributed by atoms with Gasteiger partial charge in [-0.3, -0.25) is 19.5 Å². The number of nitrogens with zero attached hydrogens (tertiary/aromatic N) is 3. The van der Waals surface area contributed by atoms with E-state index in [0.717, 1.165) is 22.0 Å². The van der Waals surface area contributed by atoms with Gasteiger partial charge in [-0.15, -0.1) is 0 Å². The Kier molecular flexibility index (Phi) is 12.3. The standard InChI is InChI=1S/C44H59N3O9/c1-25-24-43(7,52-21-13-14-31-17-18-32-15-11-12-16-33(32)23-31)39(55-41-37(49)34(46(9)10)22-26(2)53-41)28(4)36(48)29(5)40(50)54-30(6)44(8)38-27(3)35(25)45-19-20-47(38)42(51)56-44/h11-12,15-18,23,25-30,34,37-39,41,49H,19-22,24H2,1-10H3/t25-,26+,27+,28+,29-,30-,34-,37?,38-,39-,41-,43+,44-/m1/s1. The zero-order valence-electron chi connectivity index (χ0n) is 34.5. The van der Waals surface area contributed by atoms with Crippen LogP contribution in [-0.4, -0.2) is 126 Å². The quantitative estimate of drug-likeness (QED) is 0.244. The van der Waals surface area contributed by atoms with E-state index in [4.69, 9.17) is 28.7 Å². The summed E-state index contributed by atoms with van der Waals surface area (Å²) in [6.07, 6.45) is -3.82. The summed E-state index contributed by atoms with van der Waals surface area (Å²) < 4.78 is 32.0. The highest BCUT2D eigenvalue weighted by Gasteiger charge is 2.59. The summed E-state index contributed by atoms with van der Waals surface area (Å²) >= 11 is 0. The van der Waals surface area contributed by atoms with E-state index in [0.29, 0.717) is 25.9 Å². The number of Topliss-reactive ketones (excluding diaryl/α,β-unsaturated/α-hetero) is 1. The number of hydrogen-bond acceptors (Lipinski definition) is 11. The van der Waals surface area contributed by atoms with E-state index in [9.17, 15) is 19.5 Å². The van der Waals surface area contributed by atoms with Gasteiger partial charge >= 0.3 is 12.1 Å². The Balaban J connectivity index is 1.42. The largest absolute Gasteiger partial charge is 0.458 e. The molecule has 0 aromatic heterocycles. The van der Waals surface area contributed by atoms with E-state index in [1.165, 1.54) is 6.92 Å². The van der Waals surface area contributed by atoms with Crippen LogP contribution in [0.2, 0.25) is 0 Å². The third-order valence-electron chi connectivity index (χ3n) is 12.7. The maximum atomic E-state index is 14.5. The topological polar surface area (TPSA) is 136 Å². The maximum absolute atomic E-state index is 14.5. The van der Waals surface area contributed by atoms with E-state index in [2.05, 4.69) is 24.8 Å². The van der Waals surface area contributed by atoms with Gasteiger partial charge < -0.3 is 33.7 Å². The number of aliphatic hydroxyl groups excluding tert-OH is 1. The molecule has 0 aliphatic carbocycles. The lowest BCUT2D eigenvalue weighted by Gasteiger charge is -2.47. The number of aliphatic imine (C=N–C) groups is 1.